The van der Waals surface area contributed by atoms with Crippen LogP contribution in [0.25, 0.3) is 0 Å². The van der Waals surface area contributed by atoms with E-state index in [1.165, 1.54) is 0 Å². The largest absolute Gasteiger partial charge is 0.489 e. The third-order valence-corrected chi connectivity index (χ3v) is 6.03. The van der Waals surface area contributed by atoms with Gasteiger partial charge in [0.1, 0.15) is 36.9 Å². The summed E-state index contributed by atoms with van der Waals surface area (Å²) >= 11 is 12.4. The lowest BCUT2D eigenvalue weighted by molar-refractivity contribution is 0.0241. The van der Waals surface area contributed by atoms with Crippen molar-refractivity contribution in [3.8, 4) is 11.5 Å². The van der Waals surface area contributed by atoms with E-state index in [-0.39, 0.29) is 13.2 Å². The lowest BCUT2D eigenvalue weighted by atomic mass is 10.2. The molecule has 0 amide bonds. The summed E-state index contributed by atoms with van der Waals surface area (Å²) in [6.45, 7) is 8.68. The molecule has 8 heteroatoms. The van der Waals surface area contributed by atoms with Crippen LogP contribution in [0.3, 0.4) is 0 Å². The van der Waals surface area contributed by atoms with Crippen molar-refractivity contribution in [2.24, 2.45) is 0 Å². The molecule has 6 nitrogen and oxygen atoms in total. The lowest BCUT2D eigenvalue weighted by Crippen LogP contribution is -2.51. The molecule has 2 aromatic rings. The van der Waals surface area contributed by atoms with Crippen molar-refractivity contribution in [3.63, 3.8) is 0 Å². The van der Waals surface area contributed by atoms with Crippen LogP contribution in [-0.2, 0) is 0 Å². The molecule has 1 aliphatic rings. The van der Waals surface area contributed by atoms with Crippen LogP contribution < -0.4 is 9.47 Å². The summed E-state index contributed by atoms with van der Waals surface area (Å²) in [6, 6.07) is 11.2. The molecule has 0 saturated carbocycles. The van der Waals surface area contributed by atoms with Crippen LogP contribution in [0.15, 0.2) is 36.4 Å². The van der Waals surface area contributed by atoms with Gasteiger partial charge in [-0.3, -0.25) is 9.80 Å². The molecule has 0 aromatic heterocycles. The number of hydrogen-bond donors (Lipinski definition) is 2. The van der Waals surface area contributed by atoms with E-state index >= 15 is 0 Å². The average Bonchev–Trinajstić information content (AvgIpc) is 2.74. The quantitative estimate of drug-likeness (QED) is 0.540. The van der Waals surface area contributed by atoms with Gasteiger partial charge in [0.05, 0.1) is 10.0 Å². The number of ether oxygens (including phenoxy) is 2. The van der Waals surface area contributed by atoms with Gasteiger partial charge in [-0.1, -0.05) is 35.3 Å². The van der Waals surface area contributed by atoms with E-state index in [1.54, 1.807) is 0 Å². The van der Waals surface area contributed by atoms with Crippen molar-refractivity contribution in [1.82, 2.24) is 9.80 Å². The second kappa shape index (κ2) is 12.1. The van der Waals surface area contributed by atoms with E-state index in [1.807, 2.05) is 50.2 Å². The number of rotatable bonds is 10. The van der Waals surface area contributed by atoms with Crippen molar-refractivity contribution in [2.45, 2.75) is 26.1 Å². The third-order valence-electron chi connectivity index (χ3n) is 5.44. The van der Waals surface area contributed by atoms with Crippen LogP contribution in [0.5, 0.6) is 11.5 Å². The molecule has 32 heavy (non-hydrogen) atoms. The normalized spacial score (nSPS) is 17.2. The summed E-state index contributed by atoms with van der Waals surface area (Å²) < 4.78 is 11.3. The second-order valence-corrected chi connectivity index (χ2v) is 9.21. The standard InChI is InChI=1S/C24H32Cl2N2O4/c1-17-3-5-23(21(25)11-17)31-15-19(29)13-27-7-9-28(10-8-27)14-20(30)16-32-24-6-4-18(2)12-22(24)26/h3-6,11-12,19-20,29-30H,7-10,13-16H2,1-2H3/t19-,20-/m1/s1. The third kappa shape index (κ3) is 7.80. The Morgan fingerprint density at radius 2 is 1.12 bits per heavy atom. The smallest absolute Gasteiger partial charge is 0.138 e. The zero-order chi connectivity index (χ0) is 23.1. The molecule has 1 fully saturated rings. The number of β-amino-alcohol motifs (C(OH)–C–C–N with tert-alkyl or cyclic N) is 2. The molecule has 2 N–H and O–H groups in total. The van der Waals surface area contributed by atoms with E-state index in [4.69, 9.17) is 32.7 Å². The monoisotopic (exact) mass is 482 g/mol. The number of aliphatic hydroxyl groups is 2. The lowest BCUT2D eigenvalue weighted by Gasteiger charge is -2.36. The van der Waals surface area contributed by atoms with Crippen LogP contribution in [-0.4, -0.2) is 84.7 Å². The van der Waals surface area contributed by atoms with Gasteiger partial charge in [0.25, 0.3) is 0 Å². The van der Waals surface area contributed by atoms with Gasteiger partial charge in [-0.2, -0.15) is 0 Å². The van der Waals surface area contributed by atoms with Gasteiger partial charge in [0.15, 0.2) is 0 Å². The van der Waals surface area contributed by atoms with Gasteiger partial charge in [0.2, 0.25) is 0 Å². The first kappa shape index (κ1) is 25.1. The number of hydrogen-bond acceptors (Lipinski definition) is 6. The molecule has 1 aliphatic heterocycles. The Kier molecular flexibility index (Phi) is 9.46. The fourth-order valence-electron chi connectivity index (χ4n) is 3.67. The molecule has 0 unspecified atom stereocenters. The van der Waals surface area contributed by atoms with Crippen molar-refractivity contribution < 1.29 is 19.7 Å². The summed E-state index contributed by atoms with van der Waals surface area (Å²) in [6.07, 6.45) is -1.20. The Labute approximate surface area is 200 Å². The Bertz CT molecular complexity index is 804. The number of nitrogens with zero attached hydrogens (tertiary/aromatic N) is 2. The summed E-state index contributed by atoms with van der Waals surface area (Å²) in [5.41, 5.74) is 2.13. The highest BCUT2D eigenvalue weighted by Gasteiger charge is 2.21. The van der Waals surface area contributed by atoms with E-state index in [9.17, 15) is 10.2 Å². The average molecular weight is 483 g/mol. The van der Waals surface area contributed by atoms with E-state index < -0.39 is 12.2 Å². The SMILES string of the molecule is Cc1ccc(OC[C@H](O)CN2CCN(C[C@@H](O)COc3ccc(C)cc3Cl)CC2)c(Cl)c1. The van der Waals surface area contributed by atoms with Crippen LogP contribution in [0.4, 0.5) is 0 Å². The van der Waals surface area contributed by atoms with Crippen LogP contribution in [0.2, 0.25) is 10.0 Å². The highest BCUT2D eigenvalue weighted by Crippen LogP contribution is 2.26. The molecular weight excluding hydrogens is 451 g/mol. The van der Waals surface area contributed by atoms with E-state index in [0.29, 0.717) is 34.6 Å². The number of aliphatic hydroxyl groups excluding tert-OH is 2. The van der Waals surface area contributed by atoms with Gasteiger partial charge in [-0.05, 0) is 49.2 Å². The maximum atomic E-state index is 10.3. The minimum absolute atomic E-state index is 0.195. The minimum atomic E-state index is -0.600. The highest BCUT2D eigenvalue weighted by atomic mass is 35.5. The zero-order valence-electron chi connectivity index (χ0n) is 18.6. The molecule has 2 aromatic carbocycles. The predicted octanol–water partition coefficient (Wildman–Crippen LogP) is 3.41. The van der Waals surface area contributed by atoms with Gasteiger partial charge in [0, 0.05) is 39.3 Å². The predicted molar refractivity (Wildman–Crippen MR) is 128 cm³/mol. The molecular formula is C24H32Cl2N2O4. The molecule has 0 radical (unpaired) electrons. The van der Waals surface area contributed by atoms with Crippen LogP contribution >= 0.6 is 23.2 Å². The Balaban J connectivity index is 1.33. The van der Waals surface area contributed by atoms with Gasteiger partial charge >= 0.3 is 0 Å². The topological polar surface area (TPSA) is 65.4 Å². The Morgan fingerprint density at radius 3 is 1.47 bits per heavy atom. The van der Waals surface area contributed by atoms with Crippen molar-refractivity contribution in [2.75, 3.05) is 52.5 Å². The van der Waals surface area contributed by atoms with Crippen LogP contribution in [0.1, 0.15) is 11.1 Å². The molecule has 2 atom stereocenters. The molecule has 0 bridgehead atoms. The molecule has 176 valence electrons. The van der Waals surface area contributed by atoms with Gasteiger partial charge in [-0.25, -0.2) is 0 Å². The number of piperazine rings is 1. The molecule has 1 saturated heterocycles. The summed E-state index contributed by atoms with van der Waals surface area (Å²) in [5, 5.41) is 21.8. The number of aryl methyl sites for hydroxylation is 2. The molecule has 0 aliphatic carbocycles. The summed E-state index contributed by atoms with van der Waals surface area (Å²) in [4.78, 5) is 4.41. The highest BCUT2D eigenvalue weighted by molar-refractivity contribution is 6.32. The van der Waals surface area contributed by atoms with Gasteiger partial charge < -0.3 is 19.7 Å². The molecule has 3 rings (SSSR count). The minimum Gasteiger partial charge on any atom is -0.489 e. The second-order valence-electron chi connectivity index (χ2n) is 8.40. The number of halogens is 2. The Hall–Kier alpha value is -1.54. The number of benzene rings is 2. The first-order valence-electron chi connectivity index (χ1n) is 10.9. The zero-order valence-corrected chi connectivity index (χ0v) is 20.1. The summed E-state index contributed by atoms with van der Waals surface area (Å²) in [5.74, 6) is 1.17. The van der Waals surface area contributed by atoms with Crippen molar-refractivity contribution >= 4 is 23.2 Å². The first-order chi connectivity index (χ1) is 15.3. The Morgan fingerprint density at radius 1 is 0.750 bits per heavy atom. The van der Waals surface area contributed by atoms with E-state index in [2.05, 4.69) is 9.80 Å². The molecule has 1 heterocycles. The van der Waals surface area contributed by atoms with E-state index in [0.717, 1.165) is 37.3 Å². The summed E-state index contributed by atoms with van der Waals surface area (Å²) in [7, 11) is 0. The van der Waals surface area contributed by atoms with Crippen LogP contribution in [0, 0.1) is 13.8 Å². The van der Waals surface area contributed by atoms with Crippen molar-refractivity contribution in [3.05, 3.63) is 57.6 Å². The first-order valence-corrected chi connectivity index (χ1v) is 11.6. The molecule has 0 spiro atoms. The maximum absolute atomic E-state index is 10.3. The fraction of sp³-hybridized carbons (Fsp3) is 0.500. The maximum Gasteiger partial charge on any atom is 0.138 e. The fourth-order valence-corrected chi connectivity index (χ4v) is 4.25. The van der Waals surface area contributed by atoms with Gasteiger partial charge in [-0.15, -0.1) is 0 Å². The van der Waals surface area contributed by atoms with Crippen molar-refractivity contribution in [1.29, 1.82) is 0 Å².